The van der Waals surface area contributed by atoms with E-state index in [1.807, 2.05) is 18.2 Å². The highest BCUT2D eigenvalue weighted by molar-refractivity contribution is 7.98. The number of nitrogens with one attached hydrogen (secondary N) is 1. The van der Waals surface area contributed by atoms with Crippen LogP contribution in [-0.4, -0.2) is 25.4 Å². The van der Waals surface area contributed by atoms with Gasteiger partial charge in [-0.15, -0.1) is 15.3 Å². The monoisotopic (exact) mass is 308 g/mol. The van der Waals surface area contributed by atoms with Crippen LogP contribution in [0.1, 0.15) is 5.89 Å². The zero-order valence-corrected chi connectivity index (χ0v) is 11.6. The van der Waals surface area contributed by atoms with Crippen molar-refractivity contribution in [2.45, 2.75) is 10.9 Å². The van der Waals surface area contributed by atoms with Gasteiger partial charge in [0.05, 0.1) is 16.3 Å². The summed E-state index contributed by atoms with van der Waals surface area (Å²) in [7, 11) is 0. The van der Waals surface area contributed by atoms with Crippen LogP contribution in [0.25, 0.3) is 11.5 Å². The smallest absolute Gasteiger partial charge is 0.249 e. The zero-order valence-electron chi connectivity index (χ0n) is 10.1. The molecule has 0 saturated heterocycles. The van der Waals surface area contributed by atoms with Crippen LogP contribution in [0, 0.1) is 0 Å². The SMILES string of the molecule is Nc1nc(SCc2nnc(-c3ccccc3Cl)o2)n[nH]1. The summed E-state index contributed by atoms with van der Waals surface area (Å²) < 4.78 is 5.55. The van der Waals surface area contributed by atoms with Gasteiger partial charge >= 0.3 is 0 Å². The van der Waals surface area contributed by atoms with Gasteiger partial charge in [0.2, 0.25) is 22.9 Å². The number of nitrogen functional groups attached to an aromatic ring is 1. The van der Waals surface area contributed by atoms with Crippen molar-refractivity contribution in [1.82, 2.24) is 25.4 Å². The van der Waals surface area contributed by atoms with E-state index in [0.29, 0.717) is 33.3 Å². The molecule has 7 nitrogen and oxygen atoms in total. The first kappa shape index (κ1) is 12.9. The maximum Gasteiger partial charge on any atom is 0.249 e. The maximum absolute atomic E-state index is 6.07. The van der Waals surface area contributed by atoms with Gasteiger partial charge in [0.15, 0.2) is 0 Å². The van der Waals surface area contributed by atoms with Crippen LogP contribution in [0.5, 0.6) is 0 Å². The minimum atomic E-state index is 0.273. The molecule has 0 aliphatic carbocycles. The molecular weight excluding hydrogens is 300 g/mol. The molecule has 0 radical (unpaired) electrons. The Hall–Kier alpha value is -2.06. The fraction of sp³-hybridized carbons (Fsp3) is 0.0909. The number of nitrogens with two attached hydrogens (primary N) is 1. The predicted molar refractivity (Wildman–Crippen MR) is 75.1 cm³/mol. The third kappa shape index (κ3) is 2.75. The molecule has 2 heterocycles. The number of halogens is 1. The van der Waals surface area contributed by atoms with Gasteiger partial charge in [0.1, 0.15) is 0 Å². The highest BCUT2D eigenvalue weighted by atomic mass is 35.5. The Bertz CT molecular complexity index is 727. The number of aromatic amines is 1. The lowest BCUT2D eigenvalue weighted by Crippen LogP contribution is -1.85. The molecule has 0 spiro atoms. The fourth-order valence-corrected chi connectivity index (χ4v) is 2.36. The number of nitrogens with zero attached hydrogens (tertiary/aromatic N) is 4. The van der Waals surface area contributed by atoms with Crippen LogP contribution in [-0.2, 0) is 5.75 Å². The molecule has 0 atom stereocenters. The molecule has 20 heavy (non-hydrogen) atoms. The third-order valence-corrected chi connectivity index (χ3v) is 3.54. The Balaban J connectivity index is 1.72. The number of hydrogen-bond acceptors (Lipinski definition) is 7. The number of benzene rings is 1. The lowest BCUT2D eigenvalue weighted by Gasteiger charge is -1.96. The molecule has 0 amide bonds. The number of aromatic nitrogens is 5. The van der Waals surface area contributed by atoms with E-state index >= 15 is 0 Å². The van der Waals surface area contributed by atoms with Gasteiger partial charge in [0, 0.05) is 0 Å². The molecule has 9 heteroatoms. The molecular formula is C11H9ClN6OS. The van der Waals surface area contributed by atoms with E-state index in [-0.39, 0.29) is 5.95 Å². The molecule has 0 unspecified atom stereocenters. The van der Waals surface area contributed by atoms with Crippen molar-refractivity contribution in [3.05, 3.63) is 35.2 Å². The first-order chi connectivity index (χ1) is 9.72. The van der Waals surface area contributed by atoms with Crippen LogP contribution < -0.4 is 5.73 Å². The van der Waals surface area contributed by atoms with E-state index in [4.69, 9.17) is 21.8 Å². The van der Waals surface area contributed by atoms with Crippen molar-refractivity contribution < 1.29 is 4.42 Å². The van der Waals surface area contributed by atoms with Crippen LogP contribution in [0.4, 0.5) is 5.95 Å². The maximum atomic E-state index is 6.07. The molecule has 0 saturated carbocycles. The van der Waals surface area contributed by atoms with Gasteiger partial charge in [-0.05, 0) is 12.1 Å². The van der Waals surface area contributed by atoms with E-state index in [9.17, 15) is 0 Å². The molecule has 0 aliphatic heterocycles. The number of rotatable bonds is 4. The first-order valence-corrected chi connectivity index (χ1v) is 6.96. The summed E-state index contributed by atoms with van der Waals surface area (Å²) in [5.74, 6) is 1.58. The van der Waals surface area contributed by atoms with Gasteiger partial charge in [-0.2, -0.15) is 4.98 Å². The Labute approximate surface area is 122 Å². The van der Waals surface area contributed by atoms with Crippen molar-refractivity contribution in [2.75, 3.05) is 5.73 Å². The van der Waals surface area contributed by atoms with Crippen LogP contribution >= 0.6 is 23.4 Å². The van der Waals surface area contributed by atoms with Crippen LogP contribution in [0.3, 0.4) is 0 Å². The van der Waals surface area contributed by atoms with Crippen molar-refractivity contribution in [3.63, 3.8) is 0 Å². The van der Waals surface area contributed by atoms with Crippen LogP contribution in [0.15, 0.2) is 33.8 Å². The Morgan fingerprint density at radius 2 is 2.15 bits per heavy atom. The Morgan fingerprint density at radius 3 is 2.90 bits per heavy atom. The number of H-pyrrole nitrogens is 1. The molecule has 102 valence electrons. The van der Waals surface area contributed by atoms with Gasteiger partial charge in [-0.25, -0.2) is 5.10 Å². The molecule has 0 bridgehead atoms. The van der Waals surface area contributed by atoms with Crippen molar-refractivity contribution in [1.29, 1.82) is 0 Å². The van der Waals surface area contributed by atoms with E-state index in [1.54, 1.807) is 6.07 Å². The van der Waals surface area contributed by atoms with Gasteiger partial charge < -0.3 is 10.2 Å². The largest absolute Gasteiger partial charge is 0.420 e. The summed E-state index contributed by atoms with van der Waals surface area (Å²) in [6, 6.07) is 7.29. The lowest BCUT2D eigenvalue weighted by atomic mass is 10.2. The van der Waals surface area contributed by atoms with E-state index in [0.717, 1.165) is 0 Å². The molecule has 3 N–H and O–H groups in total. The predicted octanol–water partition coefficient (Wildman–Crippen LogP) is 2.38. The second-order valence-corrected chi connectivity index (χ2v) is 5.12. The molecule has 2 aromatic heterocycles. The summed E-state index contributed by atoms with van der Waals surface area (Å²) >= 11 is 7.42. The molecule has 3 aromatic rings. The van der Waals surface area contributed by atoms with Crippen LogP contribution in [0.2, 0.25) is 5.02 Å². The highest BCUT2D eigenvalue weighted by Crippen LogP contribution is 2.27. The number of hydrogen-bond donors (Lipinski definition) is 2. The van der Waals surface area contributed by atoms with Gasteiger partial charge in [-0.1, -0.05) is 35.5 Å². The lowest BCUT2D eigenvalue weighted by molar-refractivity contribution is 0.528. The summed E-state index contributed by atoms with van der Waals surface area (Å²) in [4.78, 5) is 3.97. The van der Waals surface area contributed by atoms with Crippen molar-refractivity contribution in [2.24, 2.45) is 0 Å². The molecule has 3 rings (SSSR count). The van der Waals surface area contributed by atoms with Gasteiger partial charge in [-0.3, -0.25) is 0 Å². The van der Waals surface area contributed by atoms with Gasteiger partial charge in [0.25, 0.3) is 0 Å². The average Bonchev–Trinajstić information content (AvgIpc) is 3.06. The minimum absolute atomic E-state index is 0.273. The summed E-state index contributed by atoms with van der Waals surface area (Å²) in [5, 5.41) is 15.5. The molecule has 0 aliphatic rings. The Kier molecular flexibility index (Phi) is 3.57. The standard InChI is InChI=1S/C11H9ClN6OS/c12-7-4-2-1-3-6(7)9-16-15-8(19-9)5-20-11-14-10(13)17-18-11/h1-4H,5H2,(H3,13,14,17,18). The zero-order chi connectivity index (χ0) is 13.9. The summed E-state index contributed by atoms with van der Waals surface area (Å²) in [6.07, 6.45) is 0. The fourth-order valence-electron chi connectivity index (χ4n) is 1.50. The topological polar surface area (TPSA) is 107 Å². The minimum Gasteiger partial charge on any atom is -0.420 e. The molecule has 1 aromatic carbocycles. The van der Waals surface area contributed by atoms with E-state index < -0.39 is 0 Å². The second-order valence-electron chi connectivity index (χ2n) is 3.77. The van der Waals surface area contributed by atoms with Crippen molar-refractivity contribution in [3.8, 4) is 11.5 Å². The normalized spacial score (nSPS) is 10.8. The van der Waals surface area contributed by atoms with E-state index in [1.165, 1.54) is 11.8 Å². The van der Waals surface area contributed by atoms with Crippen molar-refractivity contribution >= 4 is 29.3 Å². The highest BCUT2D eigenvalue weighted by Gasteiger charge is 2.12. The summed E-state index contributed by atoms with van der Waals surface area (Å²) in [6.45, 7) is 0. The number of thioether (sulfide) groups is 1. The average molecular weight is 309 g/mol. The first-order valence-electron chi connectivity index (χ1n) is 5.60. The third-order valence-electron chi connectivity index (χ3n) is 2.38. The summed E-state index contributed by atoms with van der Waals surface area (Å²) in [5.41, 5.74) is 6.14. The second kappa shape index (κ2) is 5.51. The molecule has 0 fully saturated rings. The number of anilines is 1. The quantitative estimate of drug-likeness (QED) is 0.712. The van der Waals surface area contributed by atoms with E-state index in [2.05, 4.69) is 25.4 Å². The Morgan fingerprint density at radius 1 is 1.30 bits per heavy atom.